The van der Waals surface area contributed by atoms with Gasteiger partial charge in [0.15, 0.2) is 9.84 Å². The first kappa shape index (κ1) is 22.0. The lowest BCUT2D eigenvalue weighted by Crippen LogP contribution is -2.67. The third-order valence-corrected chi connectivity index (χ3v) is 8.85. The van der Waals surface area contributed by atoms with E-state index in [9.17, 15) is 26.4 Å². The van der Waals surface area contributed by atoms with Crippen LogP contribution in [0, 0.1) is 5.41 Å². The van der Waals surface area contributed by atoms with Crippen molar-refractivity contribution in [3.63, 3.8) is 0 Å². The third-order valence-electron chi connectivity index (χ3n) is 6.73. The van der Waals surface area contributed by atoms with Gasteiger partial charge in [-0.25, -0.2) is 18.2 Å². The van der Waals surface area contributed by atoms with Gasteiger partial charge >= 0.3 is 12.4 Å². The normalized spacial score (nSPS) is 22.8. The number of benzene rings is 1. The number of ether oxygens (including phenoxy) is 1. The number of nitrogens with one attached hydrogen (secondary N) is 1. The molecular weight excluding hydrogens is 463 g/mol. The molecule has 1 N–H and O–H groups in total. The molecule has 1 aromatic heterocycles. The number of hydrogen-bond acceptors (Lipinski definition) is 6. The van der Waals surface area contributed by atoms with Gasteiger partial charge in [0, 0.05) is 37.5 Å². The quantitative estimate of drug-likeness (QED) is 0.713. The Morgan fingerprint density at radius 1 is 1.21 bits per heavy atom. The largest absolute Gasteiger partial charge is 0.573 e. The van der Waals surface area contributed by atoms with Gasteiger partial charge in [-0.3, -0.25) is 5.10 Å². The van der Waals surface area contributed by atoms with Crippen molar-refractivity contribution < 1.29 is 31.1 Å². The van der Waals surface area contributed by atoms with E-state index in [4.69, 9.17) is 0 Å². The zero-order chi connectivity index (χ0) is 23.4. The number of aromatic nitrogens is 3. The maximum atomic E-state index is 12.9. The molecule has 3 heterocycles. The summed E-state index contributed by atoms with van der Waals surface area (Å²) in [6, 6.07) is 4.41. The first-order valence-corrected chi connectivity index (χ1v) is 12.1. The molecule has 2 amide bonds. The number of H-pyrrole nitrogens is 1. The highest BCUT2D eigenvalue weighted by Crippen LogP contribution is 2.52. The molecule has 13 heteroatoms. The summed E-state index contributed by atoms with van der Waals surface area (Å²) in [5.41, 5.74) is -0.239. The molecule has 0 radical (unpaired) electrons. The minimum absolute atomic E-state index is 0.0639. The minimum atomic E-state index is -4.89. The summed E-state index contributed by atoms with van der Waals surface area (Å²) in [5.74, 6) is 0.330. The van der Waals surface area contributed by atoms with E-state index in [1.54, 1.807) is 9.80 Å². The van der Waals surface area contributed by atoms with E-state index in [2.05, 4.69) is 19.9 Å². The lowest BCUT2D eigenvalue weighted by atomic mass is 9.63. The van der Waals surface area contributed by atoms with Crippen LogP contribution >= 0.6 is 0 Å². The van der Waals surface area contributed by atoms with Gasteiger partial charge in [-0.1, -0.05) is 6.07 Å². The number of aromatic amines is 1. The van der Waals surface area contributed by atoms with Crippen LogP contribution in [0.1, 0.15) is 31.0 Å². The molecule has 1 aliphatic carbocycles. The molecule has 2 aliphatic heterocycles. The molecule has 178 valence electrons. The van der Waals surface area contributed by atoms with Crippen molar-refractivity contribution in [1.82, 2.24) is 25.0 Å². The van der Waals surface area contributed by atoms with E-state index in [1.165, 1.54) is 18.5 Å². The van der Waals surface area contributed by atoms with Crippen molar-refractivity contribution >= 4 is 15.9 Å². The summed E-state index contributed by atoms with van der Waals surface area (Å²) in [7, 11) is -3.79. The van der Waals surface area contributed by atoms with E-state index < -0.39 is 27.2 Å². The van der Waals surface area contributed by atoms with Gasteiger partial charge in [0.25, 0.3) is 0 Å². The second-order valence-corrected chi connectivity index (χ2v) is 11.3. The molecule has 3 aliphatic rings. The molecule has 0 bridgehead atoms. The zero-order valence-corrected chi connectivity index (χ0v) is 18.3. The van der Waals surface area contributed by atoms with E-state index in [0.29, 0.717) is 39.0 Å². The third kappa shape index (κ3) is 4.13. The Labute approximate surface area is 187 Å². The second kappa shape index (κ2) is 7.61. The number of urea groups is 1. The number of amides is 2. The minimum Gasteiger partial charge on any atom is -0.406 e. The molecule has 9 nitrogen and oxygen atoms in total. The predicted molar refractivity (Wildman–Crippen MR) is 108 cm³/mol. The van der Waals surface area contributed by atoms with Crippen molar-refractivity contribution in [3.05, 3.63) is 36.4 Å². The number of carbonyl (C=O) groups is 1. The average molecular weight is 485 g/mol. The molecule has 1 aromatic carbocycles. The van der Waals surface area contributed by atoms with E-state index >= 15 is 0 Å². The first-order valence-electron chi connectivity index (χ1n) is 10.5. The molecule has 0 unspecified atom stereocenters. The number of halogens is 3. The Morgan fingerprint density at radius 3 is 2.64 bits per heavy atom. The van der Waals surface area contributed by atoms with Crippen LogP contribution in [-0.2, 0) is 9.84 Å². The predicted octanol–water partition coefficient (Wildman–Crippen LogP) is 2.55. The molecule has 3 fully saturated rings. The molecule has 33 heavy (non-hydrogen) atoms. The van der Waals surface area contributed by atoms with Gasteiger partial charge in [0.1, 0.15) is 17.9 Å². The van der Waals surface area contributed by atoms with Crippen LogP contribution in [0.15, 0.2) is 35.5 Å². The van der Waals surface area contributed by atoms with Gasteiger partial charge in [0.05, 0.1) is 10.1 Å². The van der Waals surface area contributed by atoms with Gasteiger partial charge < -0.3 is 14.5 Å². The second-order valence-electron chi connectivity index (χ2n) is 9.04. The lowest BCUT2D eigenvalue weighted by Gasteiger charge is -2.58. The van der Waals surface area contributed by atoms with Crippen molar-refractivity contribution in [2.24, 2.45) is 5.41 Å². The Bertz CT molecular complexity index is 1140. The standard InChI is InChI=1S/C20H22F3N5O4S/c21-20(22,23)32-14-2-1-3-15(6-14)33(30,31)16-7-19(8-16)10-28(11-19)18(29)27-5-4-13(9-27)17-24-12-25-26-17/h1-3,6,12-13,16H,4-5,7-11H2,(H,24,25,26)/t13-/m0/s1. The SMILES string of the molecule is O=C(N1CC[C@H](c2ncn[nH]2)C1)N1CC2(CC(S(=O)(=O)c3cccc(OC(F)(F)F)c3)C2)C1. The number of sulfone groups is 1. The van der Waals surface area contributed by atoms with E-state index in [-0.39, 0.29) is 22.3 Å². The maximum absolute atomic E-state index is 12.9. The Balaban J connectivity index is 1.15. The maximum Gasteiger partial charge on any atom is 0.573 e. The Hall–Kier alpha value is -2.83. The van der Waals surface area contributed by atoms with Gasteiger partial charge in [-0.15, -0.1) is 13.2 Å². The van der Waals surface area contributed by atoms with Crippen molar-refractivity contribution in [2.45, 2.75) is 41.7 Å². The highest BCUT2D eigenvalue weighted by atomic mass is 32.2. The van der Waals surface area contributed by atoms with Gasteiger partial charge in [-0.05, 0) is 37.5 Å². The summed E-state index contributed by atoms with van der Waals surface area (Å²) < 4.78 is 67.0. The summed E-state index contributed by atoms with van der Waals surface area (Å²) in [6.07, 6.45) is -1.89. The number of rotatable bonds is 4. The fourth-order valence-corrected chi connectivity index (χ4v) is 7.17. The van der Waals surface area contributed by atoms with Crippen LogP contribution in [-0.4, -0.2) is 77.2 Å². The van der Waals surface area contributed by atoms with Crippen LogP contribution in [0.5, 0.6) is 5.75 Å². The number of carbonyl (C=O) groups excluding carboxylic acids is 1. The highest BCUT2D eigenvalue weighted by molar-refractivity contribution is 7.92. The molecule has 2 saturated heterocycles. The number of nitrogens with zero attached hydrogens (tertiary/aromatic N) is 4. The van der Waals surface area contributed by atoms with Crippen LogP contribution in [0.25, 0.3) is 0 Å². The molecule has 1 saturated carbocycles. The van der Waals surface area contributed by atoms with Gasteiger partial charge in [-0.2, -0.15) is 5.10 Å². The fraction of sp³-hybridized carbons (Fsp3) is 0.550. The molecule has 1 spiro atoms. The van der Waals surface area contributed by atoms with Crippen LogP contribution in [0.2, 0.25) is 0 Å². The molecule has 2 aromatic rings. The summed E-state index contributed by atoms with van der Waals surface area (Å²) >= 11 is 0. The fourth-order valence-electron chi connectivity index (χ4n) is 5.09. The number of likely N-dealkylation sites (tertiary alicyclic amines) is 2. The topological polar surface area (TPSA) is 108 Å². The van der Waals surface area contributed by atoms with Gasteiger partial charge in [0.2, 0.25) is 0 Å². The smallest absolute Gasteiger partial charge is 0.406 e. The van der Waals surface area contributed by atoms with Crippen LogP contribution < -0.4 is 4.74 Å². The monoisotopic (exact) mass is 485 g/mol. The zero-order valence-electron chi connectivity index (χ0n) is 17.5. The molecular formula is C20H22F3N5O4S. The van der Waals surface area contributed by atoms with Crippen molar-refractivity contribution in [2.75, 3.05) is 26.2 Å². The van der Waals surface area contributed by atoms with E-state index in [1.807, 2.05) is 0 Å². The summed E-state index contributed by atoms with van der Waals surface area (Å²) in [6.45, 7) is 2.16. The highest BCUT2D eigenvalue weighted by Gasteiger charge is 2.58. The van der Waals surface area contributed by atoms with Crippen molar-refractivity contribution in [1.29, 1.82) is 0 Å². The summed E-state index contributed by atoms with van der Waals surface area (Å²) in [4.78, 5) is 20.3. The van der Waals surface area contributed by atoms with Crippen LogP contribution in [0.3, 0.4) is 0 Å². The average Bonchev–Trinajstić information content (AvgIpc) is 3.36. The first-order chi connectivity index (χ1) is 15.5. The molecule has 5 rings (SSSR count). The molecule has 1 atom stereocenters. The Kier molecular flexibility index (Phi) is 5.07. The van der Waals surface area contributed by atoms with Crippen LogP contribution in [0.4, 0.5) is 18.0 Å². The Morgan fingerprint density at radius 2 is 1.97 bits per heavy atom. The van der Waals surface area contributed by atoms with E-state index in [0.717, 1.165) is 24.4 Å². The number of alkyl halides is 3. The summed E-state index contributed by atoms with van der Waals surface area (Å²) in [5, 5.41) is 6.01. The lowest BCUT2D eigenvalue weighted by molar-refractivity contribution is -0.274. The number of hydrogen-bond donors (Lipinski definition) is 1. The van der Waals surface area contributed by atoms with Crippen molar-refractivity contribution in [3.8, 4) is 5.75 Å².